The molecule has 0 unspecified atom stereocenters. The number of rotatable bonds is 7. The smallest absolute Gasteiger partial charge is 0.243 e. The van der Waals surface area contributed by atoms with Crippen molar-refractivity contribution in [3.63, 3.8) is 0 Å². The van der Waals surface area contributed by atoms with Crippen LogP contribution in [0.1, 0.15) is 26.3 Å². The zero-order valence-electron chi connectivity index (χ0n) is 12.8. The summed E-state index contributed by atoms with van der Waals surface area (Å²) >= 11 is 0. The Morgan fingerprint density at radius 1 is 1.29 bits per heavy atom. The minimum atomic E-state index is -3.53. The van der Waals surface area contributed by atoms with E-state index in [1.807, 2.05) is 26.8 Å². The van der Waals surface area contributed by atoms with Crippen molar-refractivity contribution in [1.82, 2.24) is 4.31 Å². The molecule has 0 aliphatic carbocycles. The molecule has 0 bridgehead atoms. The molecule has 1 rings (SSSR count). The van der Waals surface area contributed by atoms with Crippen LogP contribution in [0.2, 0.25) is 0 Å². The molecule has 1 aromatic rings. The second-order valence-electron chi connectivity index (χ2n) is 5.78. The summed E-state index contributed by atoms with van der Waals surface area (Å²) in [7, 11) is -3.53. The lowest BCUT2D eigenvalue weighted by Crippen LogP contribution is -2.41. The van der Waals surface area contributed by atoms with Gasteiger partial charge in [0.05, 0.1) is 17.4 Å². The SMILES string of the molecule is CCN(CC(C)(C)CN)S(=O)(=O)c1ccc(CC#N)cc1. The van der Waals surface area contributed by atoms with E-state index in [-0.39, 0.29) is 16.7 Å². The van der Waals surface area contributed by atoms with Gasteiger partial charge in [0, 0.05) is 13.1 Å². The molecule has 0 aromatic heterocycles. The van der Waals surface area contributed by atoms with Gasteiger partial charge in [-0.05, 0) is 29.7 Å². The highest BCUT2D eigenvalue weighted by Gasteiger charge is 2.28. The van der Waals surface area contributed by atoms with Gasteiger partial charge in [-0.25, -0.2) is 8.42 Å². The van der Waals surface area contributed by atoms with Crippen LogP contribution in [-0.4, -0.2) is 32.4 Å². The van der Waals surface area contributed by atoms with Crippen LogP contribution in [0.4, 0.5) is 0 Å². The fourth-order valence-electron chi connectivity index (χ4n) is 1.93. The van der Waals surface area contributed by atoms with Crippen molar-refractivity contribution in [1.29, 1.82) is 5.26 Å². The maximum atomic E-state index is 12.6. The van der Waals surface area contributed by atoms with Crippen LogP contribution < -0.4 is 5.73 Å². The summed E-state index contributed by atoms with van der Waals surface area (Å²) in [6.45, 7) is 6.89. The van der Waals surface area contributed by atoms with Gasteiger partial charge in [-0.3, -0.25) is 0 Å². The summed E-state index contributed by atoms with van der Waals surface area (Å²) in [5.41, 5.74) is 6.23. The first-order chi connectivity index (χ1) is 9.76. The molecule has 6 heteroatoms. The molecule has 0 radical (unpaired) electrons. The average Bonchev–Trinajstić information content (AvgIpc) is 2.45. The Morgan fingerprint density at radius 3 is 2.29 bits per heavy atom. The van der Waals surface area contributed by atoms with Crippen molar-refractivity contribution in [3.05, 3.63) is 29.8 Å². The Bertz CT molecular complexity index is 601. The molecule has 0 heterocycles. The Labute approximate surface area is 127 Å². The Hall–Kier alpha value is -1.42. The highest BCUT2D eigenvalue weighted by molar-refractivity contribution is 7.89. The molecule has 0 amide bonds. The van der Waals surface area contributed by atoms with Gasteiger partial charge in [-0.2, -0.15) is 9.57 Å². The number of nitriles is 1. The molecule has 5 nitrogen and oxygen atoms in total. The molecular weight excluding hydrogens is 286 g/mol. The van der Waals surface area contributed by atoms with Crippen molar-refractivity contribution in [2.24, 2.45) is 11.1 Å². The van der Waals surface area contributed by atoms with Crippen molar-refractivity contribution in [2.75, 3.05) is 19.6 Å². The fourth-order valence-corrected chi connectivity index (χ4v) is 3.57. The normalized spacial score (nSPS) is 12.4. The van der Waals surface area contributed by atoms with Crippen LogP contribution in [0.25, 0.3) is 0 Å². The number of hydrogen-bond acceptors (Lipinski definition) is 4. The number of hydrogen-bond donors (Lipinski definition) is 1. The molecule has 116 valence electrons. The molecule has 0 saturated carbocycles. The monoisotopic (exact) mass is 309 g/mol. The van der Waals surface area contributed by atoms with Crippen molar-refractivity contribution in [3.8, 4) is 6.07 Å². The van der Waals surface area contributed by atoms with Gasteiger partial charge >= 0.3 is 0 Å². The molecule has 0 fully saturated rings. The van der Waals surface area contributed by atoms with Crippen LogP contribution in [0, 0.1) is 16.7 Å². The van der Waals surface area contributed by atoms with Gasteiger partial charge in [-0.15, -0.1) is 0 Å². The van der Waals surface area contributed by atoms with Crippen molar-refractivity contribution < 1.29 is 8.42 Å². The lowest BCUT2D eigenvalue weighted by atomic mass is 9.94. The number of nitrogens with zero attached hydrogens (tertiary/aromatic N) is 2. The fraction of sp³-hybridized carbons (Fsp3) is 0.533. The van der Waals surface area contributed by atoms with E-state index in [1.165, 1.54) is 4.31 Å². The summed E-state index contributed by atoms with van der Waals surface area (Å²) in [6, 6.07) is 8.51. The molecular formula is C15H23N3O2S. The predicted molar refractivity (Wildman–Crippen MR) is 83.0 cm³/mol. The van der Waals surface area contributed by atoms with Crippen LogP contribution in [-0.2, 0) is 16.4 Å². The third-order valence-corrected chi connectivity index (χ3v) is 5.29. The molecule has 2 N–H and O–H groups in total. The predicted octanol–water partition coefficient (Wildman–Crippen LogP) is 1.75. The van der Waals surface area contributed by atoms with Crippen LogP contribution in [0.15, 0.2) is 29.2 Å². The molecule has 0 aliphatic rings. The first kappa shape index (κ1) is 17.6. The molecule has 0 spiro atoms. The highest BCUT2D eigenvalue weighted by atomic mass is 32.2. The zero-order valence-corrected chi connectivity index (χ0v) is 13.7. The van der Waals surface area contributed by atoms with E-state index in [0.717, 1.165) is 5.56 Å². The Balaban J connectivity index is 3.05. The average molecular weight is 309 g/mol. The number of benzene rings is 1. The van der Waals surface area contributed by atoms with Crippen LogP contribution in [0.5, 0.6) is 0 Å². The summed E-state index contributed by atoms with van der Waals surface area (Å²) < 4.78 is 26.7. The second-order valence-corrected chi connectivity index (χ2v) is 7.72. The first-order valence-corrected chi connectivity index (χ1v) is 8.37. The number of nitrogens with two attached hydrogens (primary N) is 1. The Kier molecular flexibility index (Phi) is 5.90. The summed E-state index contributed by atoms with van der Waals surface area (Å²) in [6.07, 6.45) is 0.276. The minimum Gasteiger partial charge on any atom is -0.330 e. The molecule has 0 aliphatic heterocycles. The number of sulfonamides is 1. The van der Waals surface area contributed by atoms with E-state index in [1.54, 1.807) is 24.3 Å². The quantitative estimate of drug-likeness (QED) is 0.831. The van der Waals surface area contributed by atoms with Crippen molar-refractivity contribution >= 4 is 10.0 Å². The maximum absolute atomic E-state index is 12.6. The maximum Gasteiger partial charge on any atom is 0.243 e. The highest BCUT2D eigenvalue weighted by Crippen LogP contribution is 2.22. The molecule has 21 heavy (non-hydrogen) atoms. The standard InChI is InChI=1S/C15H23N3O2S/c1-4-18(12-15(2,3)11-17)21(19,20)14-7-5-13(6-8-14)9-10-16/h5-8H,4,9,11-12,17H2,1-3H3. The first-order valence-electron chi connectivity index (χ1n) is 6.93. The van der Waals surface area contributed by atoms with E-state index in [9.17, 15) is 8.42 Å². The second kappa shape index (κ2) is 7.03. The van der Waals surface area contributed by atoms with Gasteiger partial charge in [-0.1, -0.05) is 32.9 Å². The topological polar surface area (TPSA) is 87.2 Å². The molecule has 1 aromatic carbocycles. The van der Waals surface area contributed by atoms with Gasteiger partial charge in [0.25, 0.3) is 0 Å². The van der Waals surface area contributed by atoms with E-state index < -0.39 is 10.0 Å². The van der Waals surface area contributed by atoms with E-state index in [2.05, 4.69) is 0 Å². The third-order valence-electron chi connectivity index (χ3n) is 3.35. The van der Waals surface area contributed by atoms with Crippen molar-refractivity contribution in [2.45, 2.75) is 32.1 Å². The summed E-state index contributed by atoms with van der Waals surface area (Å²) in [5.74, 6) is 0. The largest absolute Gasteiger partial charge is 0.330 e. The van der Waals surface area contributed by atoms with E-state index in [0.29, 0.717) is 19.6 Å². The van der Waals surface area contributed by atoms with Crippen LogP contribution in [0.3, 0.4) is 0 Å². The molecule has 0 atom stereocenters. The van der Waals surface area contributed by atoms with Gasteiger partial charge < -0.3 is 5.73 Å². The lowest BCUT2D eigenvalue weighted by Gasteiger charge is -2.30. The minimum absolute atomic E-state index is 0.249. The van der Waals surface area contributed by atoms with Gasteiger partial charge in [0.15, 0.2) is 0 Å². The zero-order chi connectivity index (χ0) is 16.1. The van der Waals surface area contributed by atoms with Gasteiger partial charge in [0.1, 0.15) is 0 Å². The van der Waals surface area contributed by atoms with E-state index in [4.69, 9.17) is 11.0 Å². The van der Waals surface area contributed by atoms with Gasteiger partial charge in [0.2, 0.25) is 10.0 Å². The third kappa shape index (κ3) is 4.53. The molecule has 0 saturated heterocycles. The van der Waals surface area contributed by atoms with E-state index >= 15 is 0 Å². The summed E-state index contributed by atoms with van der Waals surface area (Å²) in [4.78, 5) is 0.249. The lowest BCUT2D eigenvalue weighted by molar-refractivity contribution is 0.273. The van der Waals surface area contributed by atoms with Crippen LogP contribution >= 0.6 is 0 Å². The summed E-state index contributed by atoms with van der Waals surface area (Å²) in [5, 5.41) is 8.64. The Morgan fingerprint density at radius 2 is 1.86 bits per heavy atom.